The van der Waals surface area contributed by atoms with Crippen molar-refractivity contribution in [2.75, 3.05) is 47.5 Å². The molecular weight excluding hydrogens is 545 g/mol. The van der Waals surface area contributed by atoms with Gasteiger partial charge in [-0.05, 0) is 56.2 Å². The van der Waals surface area contributed by atoms with Gasteiger partial charge >= 0.3 is 7.82 Å². The molecule has 1 N–H and O–H groups in total. The summed E-state index contributed by atoms with van der Waals surface area (Å²) in [4.78, 5) is 9.86. The van der Waals surface area contributed by atoms with E-state index < -0.39 is 7.82 Å². The molecular formula is C35H65NO5P+. The minimum atomic E-state index is -4.02. The molecule has 1 atom stereocenters. The molecule has 0 spiro atoms. The maximum Gasteiger partial charge on any atom is 0.472 e. The fourth-order valence-corrected chi connectivity index (χ4v) is 5.49. The van der Waals surface area contributed by atoms with Gasteiger partial charge in [0.15, 0.2) is 0 Å². The van der Waals surface area contributed by atoms with Crippen LogP contribution in [0.15, 0.2) is 36.4 Å². The zero-order valence-corrected chi connectivity index (χ0v) is 28.6. The molecule has 0 saturated heterocycles. The molecule has 7 heteroatoms. The van der Waals surface area contributed by atoms with Gasteiger partial charge in [-0.1, -0.05) is 115 Å². The summed E-state index contributed by atoms with van der Waals surface area (Å²) in [6.45, 7) is 3.93. The molecule has 1 unspecified atom stereocenters. The van der Waals surface area contributed by atoms with E-state index in [0.717, 1.165) is 24.3 Å². The molecule has 1 aromatic carbocycles. The number of nitrogens with zero attached hydrogens (tertiary/aromatic N) is 1. The summed E-state index contributed by atoms with van der Waals surface area (Å²) in [6, 6.07) is 7.87. The highest BCUT2D eigenvalue weighted by molar-refractivity contribution is 7.47. The van der Waals surface area contributed by atoms with Gasteiger partial charge in [-0.2, -0.15) is 0 Å². The van der Waals surface area contributed by atoms with Gasteiger partial charge in [0.1, 0.15) is 18.9 Å². The van der Waals surface area contributed by atoms with Gasteiger partial charge in [0.25, 0.3) is 0 Å². The third-order valence-electron chi connectivity index (χ3n) is 7.49. The summed E-state index contributed by atoms with van der Waals surface area (Å²) in [5, 5.41) is 0. The highest BCUT2D eigenvalue weighted by Gasteiger charge is 2.22. The van der Waals surface area contributed by atoms with E-state index >= 15 is 0 Å². The van der Waals surface area contributed by atoms with E-state index in [1.165, 1.54) is 109 Å². The second-order valence-electron chi connectivity index (χ2n) is 12.7. The number of allylic oxidation sites excluding steroid dienone is 2. The van der Waals surface area contributed by atoms with Crippen molar-refractivity contribution < 1.29 is 27.7 Å². The molecule has 42 heavy (non-hydrogen) atoms. The first-order valence-corrected chi connectivity index (χ1v) is 18.5. The first-order chi connectivity index (χ1) is 20.2. The Labute approximate surface area is 259 Å². The van der Waals surface area contributed by atoms with Gasteiger partial charge in [0.2, 0.25) is 0 Å². The van der Waals surface area contributed by atoms with Crippen LogP contribution < -0.4 is 4.74 Å². The molecule has 0 amide bonds. The number of likely N-dealkylation sites (N-methyl/N-ethyl adjacent to an activating group) is 1. The number of benzene rings is 1. The molecule has 0 heterocycles. The largest absolute Gasteiger partial charge is 0.494 e. The third-order valence-corrected chi connectivity index (χ3v) is 8.50. The SMILES string of the molecule is CCCCCCCC/C=C\CCCCCCCCCCCCOc1cccc(CCOP(=O)(O)OCC[N+](C)(C)C)c1. The van der Waals surface area contributed by atoms with Gasteiger partial charge in [-0.25, -0.2) is 4.57 Å². The second kappa shape index (κ2) is 25.2. The topological polar surface area (TPSA) is 65.0 Å². The minimum Gasteiger partial charge on any atom is -0.494 e. The molecule has 0 fully saturated rings. The molecule has 0 aliphatic heterocycles. The van der Waals surface area contributed by atoms with Crippen molar-refractivity contribution in [1.29, 1.82) is 0 Å². The zero-order chi connectivity index (χ0) is 30.8. The van der Waals surface area contributed by atoms with Crippen LogP contribution in [0.1, 0.15) is 128 Å². The van der Waals surface area contributed by atoms with Crippen LogP contribution in [0.2, 0.25) is 0 Å². The van der Waals surface area contributed by atoms with Gasteiger partial charge in [0.05, 0.1) is 34.4 Å². The molecule has 1 rings (SSSR count). The number of phosphoric acid groups is 1. The smallest absolute Gasteiger partial charge is 0.472 e. The molecule has 6 nitrogen and oxygen atoms in total. The van der Waals surface area contributed by atoms with Crippen LogP contribution in [0.25, 0.3) is 0 Å². The van der Waals surface area contributed by atoms with Crippen LogP contribution in [0.5, 0.6) is 5.75 Å². The number of rotatable bonds is 29. The number of hydrogen-bond acceptors (Lipinski definition) is 4. The summed E-state index contributed by atoms with van der Waals surface area (Å²) >= 11 is 0. The first kappa shape index (κ1) is 38.9. The second-order valence-corrected chi connectivity index (χ2v) is 14.2. The monoisotopic (exact) mass is 610 g/mol. The minimum absolute atomic E-state index is 0.123. The zero-order valence-electron chi connectivity index (χ0n) is 27.7. The average molecular weight is 611 g/mol. The molecule has 0 saturated carbocycles. The van der Waals surface area contributed by atoms with E-state index in [1.54, 1.807) is 0 Å². The van der Waals surface area contributed by atoms with Crippen molar-refractivity contribution in [3.05, 3.63) is 42.0 Å². The van der Waals surface area contributed by atoms with E-state index in [2.05, 4.69) is 19.1 Å². The van der Waals surface area contributed by atoms with Crippen molar-refractivity contribution in [2.24, 2.45) is 0 Å². The number of phosphoric ester groups is 1. The highest BCUT2D eigenvalue weighted by atomic mass is 31.2. The lowest BCUT2D eigenvalue weighted by Gasteiger charge is -2.24. The van der Waals surface area contributed by atoms with Gasteiger partial charge < -0.3 is 14.1 Å². The summed E-state index contributed by atoms with van der Waals surface area (Å²) in [5.74, 6) is 0.840. The molecule has 1 aromatic rings. The van der Waals surface area contributed by atoms with Gasteiger partial charge in [0, 0.05) is 0 Å². The Hall–Kier alpha value is -1.17. The fraction of sp³-hybridized carbons (Fsp3) is 0.771. The van der Waals surface area contributed by atoms with Crippen LogP contribution >= 0.6 is 7.82 Å². The molecule has 0 bridgehead atoms. The molecule has 0 aromatic heterocycles. The predicted octanol–water partition coefficient (Wildman–Crippen LogP) is 10.0. The Morgan fingerprint density at radius 1 is 0.714 bits per heavy atom. The van der Waals surface area contributed by atoms with Crippen LogP contribution in [0, 0.1) is 0 Å². The van der Waals surface area contributed by atoms with Crippen molar-refractivity contribution >= 4 is 7.82 Å². The van der Waals surface area contributed by atoms with Crippen LogP contribution in [0.4, 0.5) is 0 Å². The summed E-state index contributed by atoms with van der Waals surface area (Å²) in [6.07, 6.45) is 29.3. The number of unbranched alkanes of at least 4 members (excludes halogenated alkanes) is 16. The Morgan fingerprint density at radius 2 is 1.24 bits per heavy atom. The number of hydrogen-bond donors (Lipinski definition) is 1. The van der Waals surface area contributed by atoms with E-state index in [4.69, 9.17) is 13.8 Å². The fourth-order valence-electron chi connectivity index (χ4n) is 4.78. The van der Waals surface area contributed by atoms with Crippen LogP contribution in [-0.4, -0.2) is 56.9 Å². The number of quaternary nitrogens is 1. The lowest BCUT2D eigenvalue weighted by Crippen LogP contribution is -2.37. The Kier molecular flexibility index (Phi) is 23.3. The van der Waals surface area contributed by atoms with Crippen LogP contribution in [0.3, 0.4) is 0 Å². The number of ether oxygens (including phenoxy) is 1. The van der Waals surface area contributed by atoms with E-state index in [-0.39, 0.29) is 13.2 Å². The van der Waals surface area contributed by atoms with Gasteiger partial charge in [-0.3, -0.25) is 9.05 Å². The maximum absolute atomic E-state index is 12.0. The summed E-state index contributed by atoms with van der Waals surface area (Å²) < 4.78 is 28.8. The van der Waals surface area contributed by atoms with Gasteiger partial charge in [-0.15, -0.1) is 0 Å². The maximum atomic E-state index is 12.0. The lowest BCUT2D eigenvalue weighted by atomic mass is 10.1. The summed E-state index contributed by atoms with van der Waals surface area (Å²) in [7, 11) is 1.99. The predicted molar refractivity (Wildman–Crippen MR) is 178 cm³/mol. The quantitative estimate of drug-likeness (QED) is 0.0423. The van der Waals surface area contributed by atoms with Crippen molar-refractivity contribution in [1.82, 2.24) is 0 Å². The third kappa shape index (κ3) is 25.3. The standard InChI is InChI=1S/C35H64NO5P/c1-5-6-7-8-9-10-11-12-13-14-15-16-17-18-19-20-21-22-23-24-30-39-35-27-25-26-34(33-35)28-31-40-42(37,38)41-32-29-36(2,3)4/h12-13,25-27,33H,5-11,14-24,28-32H2,1-4H3/p+1/b13-12-. The Morgan fingerprint density at radius 3 is 1.81 bits per heavy atom. The van der Waals surface area contributed by atoms with Crippen molar-refractivity contribution in [2.45, 2.75) is 129 Å². The van der Waals surface area contributed by atoms with E-state index in [1.807, 2.05) is 45.4 Å². The van der Waals surface area contributed by atoms with Crippen LogP contribution in [-0.2, 0) is 20.0 Å². The average Bonchev–Trinajstić information content (AvgIpc) is 2.93. The van der Waals surface area contributed by atoms with Crippen molar-refractivity contribution in [3.8, 4) is 5.75 Å². The molecule has 0 radical (unpaired) electrons. The normalized spacial score (nSPS) is 13.5. The molecule has 244 valence electrons. The van der Waals surface area contributed by atoms with E-state index in [0.29, 0.717) is 17.4 Å². The molecule has 0 aliphatic rings. The molecule has 0 aliphatic carbocycles. The summed E-state index contributed by atoms with van der Waals surface area (Å²) in [5.41, 5.74) is 1.01. The lowest BCUT2D eigenvalue weighted by molar-refractivity contribution is -0.870. The van der Waals surface area contributed by atoms with Crippen molar-refractivity contribution in [3.63, 3.8) is 0 Å². The Balaban J connectivity index is 1.95. The Bertz CT molecular complexity index is 839. The van der Waals surface area contributed by atoms with E-state index in [9.17, 15) is 9.46 Å². The highest BCUT2D eigenvalue weighted by Crippen LogP contribution is 2.43. The first-order valence-electron chi connectivity index (χ1n) is 17.0.